The van der Waals surface area contributed by atoms with E-state index in [2.05, 4.69) is 0 Å². The van der Waals surface area contributed by atoms with E-state index in [0.717, 1.165) is 48.8 Å². The highest BCUT2D eigenvalue weighted by Crippen LogP contribution is 2.48. The van der Waals surface area contributed by atoms with Crippen molar-refractivity contribution in [3.63, 3.8) is 0 Å². The van der Waals surface area contributed by atoms with Crippen LogP contribution in [-0.4, -0.2) is 57.4 Å². The van der Waals surface area contributed by atoms with Gasteiger partial charge >= 0.3 is 0 Å². The molecule has 1 saturated carbocycles. The van der Waals surface area contributed by atoms with Gasteiger partial charge in [-0.3, -0.25) is 14.5 Å². The molecule has 1 aliphatic heterocycles. The van der Waals surface area contributed by atoms with Gasteiger partial charge in [0, 0.05) is 12.0 Å². The number of carbonyl (C=O) groups is 2. The van der Waals surface area contributed by atoms with Crippen LogP contribution in [0.25, 0.3) is 11.6 Å². The molecular formula is C38H43NO7. The molecule has 0 spiro atoms. The first-order chi connectivity index (χ1) is 22.5. The van der Waals surface area contributed by atoms with Crippen LogP contribution in [-0.2, 0) is 16.2 Å². The third-order valence-electron chi connectivity index (χ3n) is 9.86. The standard InChI is InChI=1S/C38H43NO7/c40-22-31-18-17-30(46-31)20-26(25-10-4-1-5-11-25)16-19-34(42)35-27(24-45-29-14-8-3-9-15-29)21-32-36(33(35)23-41)38(44)39(37(32)43)28-12-6-2-7-13-28/h1,3-5,8-11,14-15,17-18,20,28,32-34,36,40-42H,2,6-7,12-13,16,19,21-24H2/b26-20-/t32-,33+,34-,36-/m1/s1. The van der Waals surface area contributed by atoms with E-state index in [1.54, 1.807) is 12.1 Å². The van der Waals surface area contributed by atoms with Crippen LogP contribution in [0.5, 0.6) is 5.75 Å². The van der Waals surface area contributed by atoms with Gasteiger partial charge in [-0.15, -0.1) is 0 Å². The number of ether oxygens (including phenoxy) is 1. The molecule has 6 rings (SSSR count). The topological polar surface area (TPSA) is 120 Å². The number of fused-ring (bicyclic) bond motifs is 1. The summed E-state index contributed by atoms with van der Waals surface area (Å²) in [5.41, 5.74) is 3.29. The lowest BCUT2D eigenvalue weighted by Gasteiger charge is -2.36. The summed E-state index contributed by atoms with van der Waals surface area (Å²) >= 11 is 0. The van der Waals surface area contributed by atoms with Gasteiger partial charge in [0.25, 0.3) is 0 Å². The van der Waals surface area contributed by atoms with Crippen LogP contribution in [0.3, 0.4) is 0 Å². The Labute approximate surface area is 270 Å². The highest BCUT2D eigenvalue weighted by atomic mass is 16.5. The molecule has 46 heavy (non-hydrogen) atoms. The van der Waals surface area contributed by atoms with Gasteiger partial charge in [-0.25, -0.2) is 0 Å². The molecule has 1 saturated heterocycles. The molecule has 0 radical (unpaired) electrons. The van der Waals surface area contributed by atoms with E-state index < -0.39 is 23.9 Å². The molecule has 2 aromatic carbocycles. The number of benzene rings is 2. The Morgan fingerprint density at radius 2 is 1.65 bits per heavy atom. The Hall–Kier alpha value is -3.98. The van der Waals surface area contributed by atoms with Crippen LogP contribution in [0.1, 0.15) is 68.5 Å². The summed E-state index contributed by atoms with van der Waals surface area (Å²) in [7, 11) is 0. The minimum absolute atomic E-state index is 0.0948. The van der Waals surface area contributed by atoms with Crippen molar-refractivity contribution in [2.45, 2.75) is 70.1 Å². The normalized spacial score (nSPS) is 23.2. The summed E-state index contributed by atoms with van der Waals surface area (Å²) in [6, 6.07) is 22.7. The van der Waals surface area contributed by atoms with E-state index in [-0.39, 0.29) is 37.7 Å². The van der Waals surface area contributed by atoms with Crippen molar-refractivity contribution in [3.05, 3.63) is 101 Å². The molecule has 1 aromatic heterocycles. The maximum Gasteiger partial charge on any atom is 0.234 e. The zero-order chi connectivity index (χ0) is 32.0. The number of para-hydroxylation sites is 1. The number of amides is 2. The number of allylic oxidation sites excluding steroid dienone is 1. The van der Waals surface area contributed by atoms with Gasteiger partial charge in [-0.2, -0.15) is 0 Å². The van der Waals surface area contributed by atoms with E-state index in [9.17, 15) is 24.9 Å². The third kappa shape index (κ3) is 6.75. The van der Waals surface area contributed by atoms with Crippen LogP contribution in [0.15, 0.2) is 88.4 Å². The van der Waals surface area contributed by atoms with E-state index in [4.69, 9.17) is 9.15 Å². The van der Waals surface area contributed by atoms with Crippen molar-refractivity contribution in [3.8, 4) is 5.75 Å². The SMILES string of the molecule is O=C1[C@@H]2[C@@H](CC(COc3ccccc3)=C([C@H](O)CC/C(=C/c3ccc(CO)o3)c3ccccc3)[C@@H]2CO)C(=O)N1C1CCCCC1. The number of furan rings is 1. The van der Waals surface area contributed by atoms with E-state index >= 15 is 0 Å². The van der Waals surface area contributed by atoms with Gasteiger partial charge < -0.3 is 24.5 Å². The van der Waals surface area contributed by atoms with Crippen molar-refractivity contribution >= 4 is 23.5 Å². The summed E-state index contributed by atoms with van der Waals surface area (Å²) < 4.78 is 11.9. The molecule has 2 fully saturated rings. The lowest BCUT2D eigenvalue weighted by molar-refractivity contribution is -0.143. The second-order valence-electron chi connectivity index (χ2n) is 12.7. The first-order valence-corrected chi connectivity index (χ1v) is 16.5. The first kappa shape index (κ1) is 32.0. The van der Waals surface area contributed by atoms with Gasteiger partial charge in [-0.05, 0) is 84.7 Å². The third-order valence-corrected chi connectivity index (χ3v) is 9.86. The average molecular weight is 626 g/mol. The first-order valence-electron chi connectivity index (χ1n) is 16.5. The Morgan fingerprint density at radius 3 is 2.33 bits per heavy atom. The highest BCUT2D eigenvalue weighted by Gasteiger charge is 2.56. The molecule has 242 valence electrons. The van der Waals surface area contributed by atoms with Gasteiger partial charge in [0.2, 0.25) is 11.8 Å². The Kier molecular flexibility index (Phi) is 10.2. The molecule has 3 aliphatic rings. The molecule has 2 heterocycles. The maximum absolute atomic E-state index is 14.0. The van der Waals surface area contributed by atoms with E-state index in [1.807, 2.05) is 66.7 Å². The lowest BCUT2D eigenvalue weighted by Crippen LogP contribution is -2.42. The maximum atomic E-state index is 14.0. The largest absolute Gasteiger partial charge is 0.489 e. The van der Waals surface area contributed by atoms with Crippen LogP contribution in [0, 0.1) is 17.8 Å². The minimum atomic E-state index is -0.976. The van der Waals surface area contributed by atoms with Crippen molar-refractivity contribution in [2.75, 3.05) is 13.2 Å². The molecular weight excluding hydrogens is 582 g/mol. The molecule has 3 N–H and O–H groups in total. The van der Waals surface area contributed by atoms with Gasteiger partial charge in [0.1, 0.15) is 30.5 Å². The molecule has 2 aliphatic carbocycles. The van der Waals surface area contributed by atoms with Crippen LogP contribution < -0.4 is 4.74 Å². The van der Waals surface area contributed by atoms with Gasteiger partial charge in [0.15, 0.2) is 0 Å². The minimum Gasteiger partial charge on any atom is -0.489 e. The Bertz CT molecular complexity index is 1550. The number of nitrogens with zero attached hydrogens (tertiary/aromatic N) is 1. The molecule has 2 amide bonds. The summed E-state index contributed by atoms with van der Waals surface area (Å²) in [5.74, 6) is -0.594. The molecule has 3 aromatic rings. The van der Waals surface area contributed by atoms with Gasteiger partial charge in [0.05, 0.1) is 24.5 Å². The number of hydrogen-bond acceptors (Lipinski definition) is 7. The van der Waals surface area contributed by atoms with Crippen molar-refractivity contribution in [1.82, 2.24) is 4.90 Å². The summed E-state index contributed by atoms with van der Waals surface area (Å²) in [6.07, 6.45) is 6.78. The van der Waals surface area contributed by atoms with Crippen molar-refractivity contribution < 1.29 is 34.1 Å². The fourth-order valence-electron chi connectivity index (χ4n) is 7.63. The van der Waals surface area contributed by atoms with E-state index in [1.165, 1.54) is 4.90 Å². The molecule has 8 nitrogen and oxygen atoms in total. The fraction of sp³-hybridized carbons (Fsp3) is 0.421. The second kappa shape index (κ2) is 14.6. The predicted molar refractivity (Wildman–Crippen MR) is 174 cm³/mol. The predicted octanol–water partition coefficient (Wildman–Crippen LogP) is 5.78. The zero-order valence-corrected chi connectivity index (χ0v) is 26.1. The summed E-state index contributed by atoms with van der Waals surface area (Å²) in [5, 5.41) is 32.2. The Balaban J connectivity index is 1.30. The van der Waals surface area contributed by atoms with Crippen LogP contribution in [0.4, 0.5) is 0 Å². The monoisotopic (exact) mass is 625 g/mol. The molecule has 0 unspecified atom stereocenters. The van der Waals surface area contributed by atoms with Gasteiger partial charge in [-0.1, -0.05) is 67.8 Å². The van der Waals surface area contributed by atoms with Crippen molar-refractivity contribution in [2.24, 2.45) is 17.8 Å². The smallest absolute Gasteiger partial charge is 0.234 e. The fourth-order valence-corrected chi connectivity index (χ4v) is 7.63. The van der Waals surface area contributed by atoms with Crippen molar-refractivity contribution in [1.29, 1.82) is 0 Å². The number of aliphatic hydroxyl groups excluding tert-OH is 3. The molecule has 8 heteroatoms. The number of aliphatic hydroxyl groups is 3. The number of hydrogen-bond donors (Lipinski definition) is 3. The second-order valence-corrected chi connectivity index (χ2v) is 12.7. The van der Waals surface area contributed by atoms with E-state index in [0.29, 0.717) is 42.1 Å². The lowest BCUT2D eigenvalue weighted by atomic mass is 9.68. The molecule has 4 atom stereocenters. The zero-order valence-electron chi connectivity index (χ0n) is 26.1. The highest BCUT2D eigenvalue weighted by molar-refractivity contribution is 6.06. The number of imide groups is 1. The molecule has 0 bridgehead atoms. The summed E-state index contributed by atoms with van der Waals surface area (Å²) in [6.45, 7) is -0.393. The number of rotatable bonds is 12. The average Bonchev–Trinajstić information content (AvgIpc) is 3.66. The number of likely N-dealkylation sites (tertiary alicyclic amines) is 1. The summed E-state index contributed by atoms with van der Waals surface area (Å²) in [4.78, 5) is 29.3. The quantitative estimate of drug-likeness (QED) is 0.173. The Morgan fingerprint density at radius 1 is 0.935 bits per heavy atom. The van der Waals surface area contributed by atoms with Crippen LogP contribution >= 0.6 is 0 Å². The number of carbonyl (C=O) groups excluding carboxylic acids is 2. The van der Waals surface area contributed by atoms with Crippen LogP contribution in [0.2, 0.25) is 0 Å².